The zero-order valence-electron chi connectivity index (χ0n) is 11.8. The SMILES string of the molecule is COCCn1c(Cc2ccccc2C)nnc1S(=O)(=O)Cl. The summed E-state index contributed by atoms with van der Waals surface area (Å²) in [7, 11) is 3.00. The summed E-state index contributed by atoms with van der Waals surface area (Å²) in [5.41, 5.74) is 2.16. The number of hydrogen-bond acceptors (Lipinski definition) is 5. The average molecular weight is 330 g/mol. The molecule has 0 unspecified atom stereocenters. The van der Waals surface area contributed by atoms with Crippen LogP contribution in [0.2, 0.25) is 0 Å². The van der Waals surface area contributed by atoms with Crippen LogP contribution in [0.3, 0.4) is 0 Å². The van der Waals surface area contributed by atoms with E-state index in [1.54, 1.807) is 7.11 Å². The topological polar surface area (TPSA) is 74.1 Å². The van der Waals surface area contributed by atoms with Crippen molar-refractivity contribution >= 4 is 19.7 Å². The first-order chi connectivity index (χ1) is 9.93. The smallest absolute Gasteiger partial charge is 0.296 e. The standard InChI is InChI=1S/C13H16ClN3O3S/c1-10-5-3-4-6-11(10)9-12-15-16-13(21(14,18)19)17(12)7-8-20-2/h3-6H,7-9H2,1-2H3. The Morgan fingerprint density at radius 2 is 2.00 bits per heavy atom. The largest absolute Gasteiger partial charge is 0.383 e. The van der Waals surface area contributed by atoms with Crippen molar-refractivity contribution in [3.63, 3.8) is 0 Å². The third kappa shape index (κ3) is 3.81. The van der Waals surface area contributed by atoms with Gasteiger partial charge in [-0.1, -0.05) is 24.3 Å². The van der Waals surface area contributed by atoms with Gasteiger partial charge in [-0.2, -0.15) is 0 Å². The van der Waals surface area contributed by atoms with E-state index in [-0.39, 0.29) is 5.16 Å². The zero-order valence-corrected chi connectivity index (χ0v) is 13.4. The number of rotatable bonds is 6. The van der Waals surface area contributed by atoms with Crippen LogP contribution >= 0.6 is 10.7 Å². The van der Waals surface area contributed by atoms with E-state index >= 15 is 0 Å². The quantitative estimate of drug-likeness (QED) is 0.755. The van der Waals surface area contributed by atoms with Gasteiger partial charge in [-0.05, 0) is 18.1 Å². The first-order valence-electron chi connectivity index (χ1n) is 6.33. The molecular formula is C13H16ClN3O3S. The van der Waals surface area contributed by atoms with Crippen molar-refractivity contribution in [2.24, 2.45) is 0 Å². The molecule has 0 saturated heterocycles. The molecule has 0 saturated carbocycles. The zero-order chi connectivity index (χ0) is 15.5. The summed E-state index contributed by atoms with van der Waals surface area (Å²) < 4.78 is 29.6. The molecule has 0 aliphatic carbocycles. The Bertz CT molecular complexity index is 728. The van der Waals surface area contributed by atoms with Gasteiger partial charge < -0.3 is 4.74 Å². The Morgan fingerprint density at radius 3 is 2.62 bits per heavy atom. The van der Waals surface area contributed by atoms with Crippen LogP contribution in [-0.2, 0) is 26.8 Å². The van der Waals surface area contributed by atoms with Gasteiger partial charge in [-0.3, -0.25) is 4.57 Å². The predicted molar refractivity (Wildman–Crippen MR) is 78.9 cm³/mol. The predicted octanol–water partition coefficient (Wildman–Crippen LogP) is 1.75. The van der Waals surface area contributed by atoms with E-state index < -0.39 is 9.05 Å². The Balaban J connectivity index is 2.40. The van der Waals surface area contributed by atoms with Crippen molar-refractivity contribution in [2.45, 2.75) is 25.0 Å². The van der Waals surface area contributed by atoms with Gasteiger partial charge in [0.1, 0.15) is 5.82 Å². The van der Waals surface area contributed by atoms with Crippen LogP contribution in [-0.4, -0.2) is 36.9 Å². The highest BCUT2D eigenvalue weighted by atomic mass is 35.7. The molecule has 1 heterocycles. The number of halogens is 1. The van der Waals surface area contributed by atoms with Crippen molar-refractivity contribution in [3.05, 3.63) is 41.2 Å². The maximum Gasteiger partial charge on any atom is 0.296 e. The first-order valence-corrected chi connectivity index (χ1v) is 8.64. The maximum absolute atomic E-state index is 11.6. The monoisotopic (exact) mass is 329 g/mol. The summed E-state index contributed by atoms with van der Waals surface area (Å²) in [5.74, 6) is 0.542. The fourth-order valence-electron chi connectivity index (χ4n) is 2.02. The number of ether oxygens (including phenoxy) is 1. The molecule has 0 N–H and O–H groups in total. The highest BCUT2D eigenvalue weighted by molar-refractivity contribution is 8.13. The van der Waals surface area contributed by atoms with Gasteiger partial charge >= 0.3 is 0 Å². The van der Waals surface area contributed by atoms with Crippen LogP contribution in [0, 0.1) is 6.92 Å². The van der Waals surface area contributed by atoms with Crippen LogP contribution in [0.4, 0.5) is 0 Å². The molecule has 1 aromatic heterocycles. The van der Waals surface area contributed by atoms with Crippen molar-refractivity contribution in [1.82, 2.24) is 14.8 Å². The van der Waals surface area contributed by atoms with E-state index in [1.165, 1.54) is 4.57 Å². The molecule has 0 aliphatic heterocycles. The number of aryl methyl sites for hydroxylation is 1. The van der Waals surface area contributed by atoms with Crippen LogP contribution in [0.15, 0.2) is 29.4 Å². The lowest BCUT2D eigenvalue weighted by Gasteiger charge is -2.09. The number of hydrogen-bond donors (Lipinski definition) is 0. The van der Waals surface area contributed by atoms with Gasteiger partial charge in [0.15, 0.2) is 0 Å². The van der Waals surface area contributed by atoms with Crippen LogP contribution in [0.1, 0.15) is 17.0 Å². The normalized spacial score (nSPS) is 11.8. The number of aromatic nitrogens is 3. The minimum Gasteiger partial charge on any atom is -0.383 e. The molecule has 21 heavy (non-hydrogen) atoms. The van der Waals surface area contributed by atoms with Gasteiger partial charge in [0, 0.05) is 30.8 Å². The molecule has 1 aromatic carbocycles. The molecule has 6 nitrogen and oxygen atoms in total. The summed E-state index contributed by atoms with van der Waals surface area (Å²) >= 11 is 0. The molecule has 2 aromatic rings. The summed E-state index contributed by atoms with van der Waals surface area (Å²) in [5, 5.41) is 7.42. The van der Waals surface area contributed by atoms with E-state index in [2.05, 4.69) is 10.2 Å². The van der Waals surface area contributed by atoms with Crippen LogP contribution < -0.4 is 0 Å². The van der Waals surface area contributed by atoms with Crippen LogP contribution in [0.5, 0.6) is 0 Å². The molecule has 0 radical (unpaired) electrons. The minimum absolute atomic E-state index is 0.246. The number of nitrogens with zero attached hydrogens (tertiary/aromatic N) is 3. The first kappa shape index (κ1) is 15.9. The van der Waals surface area contributed by atoms with Crippen molar-refractivity contribution in [1.29, 1.82) is 0 Å². The van der Waals surface area contributed by atoms with Crippen molar-refractivity contribution < 1.29 is 13.2 Å². The second-order valence-corrected chi connectivity index (χ2v) is 7.04. The molecule has 114 valence electrons. The Kier molecular flexibility index (Phi) is 4.97. The Labute approximate surface area is 128 Å². The van der Waals surface area contributed by atoms with Gasteiger partial charge in [-0.15, -0.1) is 10.2 Å². The summed E-state index contributed by atoms with van der Waals surface area (Å²) in [4.78, 5) is 0. The number of methoxy groups -OCH3 is 1. The van der Waals surface area contributed by atoms with E-state index in [1.807, 2.05) is 31.2 Å². The fraction of sp³-hybridized carbons (Fsp3) is 0.385. The molecule has 2 rings (SSSR count). The maximum atomic E-state index is 11.6. The lowest BCUT2D eigenvalue weighted by Crippen LogP contribution is -2.13. The second kappa shape index (κ2) is 6.55. The van der Waals surface area contributed by atoms with E-state index in [4.69, 9.17) is 15.4 Å². The molecule has 0 aliphatic rings. The van der Waals surface area contributed by atoms with Crippen molar-refractivity contribution in [3.8, 4) is 0 Å². The summed E-state index contributed by atoms with van der Waals surface area (Å²) in [6, 6.07) is 7.84. The molecule has 0 spiro atoms. The molecule has 0 bridgehead atoms. The van der Waals surface area contributed by atoms with Crippen molar-refractivity contribution in [2.75, 3.05) is 13.7 Å². The van der Waals surface area contributed by atoms with E-state index in [9.17, 15) is 8.42 Å². The van der Waals surface area contributed by atoms with Gasteiger partial charge in [0.2, 0.25) is 0 Å². The lowest BCUT2D eigenvalue weighted by molar-refractivity contribution is 0.183. The van der Waals surface area contributed by atoms with E-state index in [0.29, 0.717) is 25.4 Å². The Morgan fingerprint density at radius 1 is 1.29 bits per heavy atom. The molecule has 0 amide bonds. The summed E-state index contributed by atoms with van der Waals surface area (Å²) in [6.45, 7) is 2.66. The highest BCUT2D eigenvalue weighted by Crippen LogP contribution is 2.18. The number of benzene rings is 1. The fourth-order valence-corrected chi connectivity index (χ4v) is 2.96. The average Bonchev–Trinajstić information content (AvgIpc) is 2.82. The Hall–Kier alpha value is -1.44. The lowest BCUT2D eigenvalue weighted by atomic mass is 10.1. The van der Waals surface area contributed by atoms with Gasteiger partial charge in [0.05, 0.1) is 6.61 Å². The third-order valence-corrected chi connectivity index (χ3v) is 4.29. The summed E-state index contributed by atoms with van der Waals surface area (Å²) in [6.07, 6.45) is 0.482. The van der Waals surface area contributed by atoms with Gasteiger partial charge in [-0.25, -0.2) is 8.42 Å². The molecular weight excluding hydrogens is 314 g/mol. The van der Waals surface area contributed by atoms with Crippen LogP contribution in [0.25, 0.3) is 0 Å². The third-order valence-electron chi connectivity index (χ3n) is 3.14. The minimum atomic E-state index is -3.94. The van der Waals surface area contributed by atoms with E-state index in [0.717, 1.165) is 11.1 Å². The highest BCUT2D eigenvalue weighted by Gasteiger charge is 2.22. The molecule has 8 heteroatoms. The molecule has 0 fully saturated rings. The second-order valence-electron chi connectivity index (χ2n) is 4.58. The molecule has 0 atom stereocenters. The van der Waals surface area contributed by atoms with Gasteiger partial charge in [0.25, 0.3) is 14.2 Å².